The Bertz CT molecular complexity index is 837. The zero-order valence-electron chi connectivity index (χ0n) is 9.65. The molecule has 2 aromatic carbocycles. The molecule has 0 unspecified atom stereocenters. The number of oxazole rings is 1. The number of nitrogens with zero attached hydrogens (tertiary/aromatic N) is 1. The highest BCUT2D eigenvalue weighted by atomic mass is 32.2. The van der Waals surface area contributed by atoms with Crippen LogP contribution in [-0.4, -0.2) is 18.0 Å². The van der Waals surface area contributed by atoms with E-state index in [0.29, 0.717) is 11.5 Å². The van der Waals surface area contributed by atoms with Gasteiger partial charge in [-0.15, -0.1) is 0 Å². The Morgan fingerprint density at radius 3 is 2.42 bits per heavy atom. The average molecular weight is 275 g/mol. The molecule has 0 atom stereocenters. The lowest BCUT2D eigenvalue weighted by atomic mass is 10.2. The summed E-state index contributed by atoms with van der Waals surface area (Å²) in [5.41, 5.74) is 1.18. The lowest BCUT2D eigenvalue weighted by molar-refractivity contribution is 0.484. The minimum Gasteiger partial charge on any atom is -0.436 e. The molecule has 0 saturated carbocycles. The molecule has 6 heteroatoms. The molecular formula is C13H9NO4S. The molecular weight excluding hydrogens is 266 g/mol. The zero-order valence-corrected chi connectivity index (χ0v) is 10.5. The van der Waals surface area contributed by atoms with E-state index in [2.05, 4.69) is 4.98 Å². The minimum absolute atomic E-state index is 0.129. The standard InChI is InChI=1S/C13H9NO4S/c15-19(16,17)11-8-4-7-10-12(11)14-13(18-10)9-5-2-1-3-6-9/h1-8H,(H,15,16,17). The largest absolute Gasteiger partial charge is 0.436 e. The van der Waals surface area contributed by atoms with Crippen molar-refractivity contribution in [3.63, 3.8) is 0 Å². The lowest BCUT2D eigenvalue weighted by Gasteiger charge is -1.95. The van der Waals surface area contributed by atoms with Gasteiger partial charge in [0, 0.05) is 5.56 Å². The highest BCUT2D eigenvalue weighted by Crippen LogP contribution is 2.28. The van der Waals surface area contributed by atoms with Gasteiger partial charge in [0.1, 0.15) is 10.4 Å². The number of hydrogen-bond donors (Lipinski definition) is 1. The second kappa shape index (κ2) is 4.18. The zero-order chi connectivity index (χ0) is 13.5. The van der Waals surface area contributed by atoms with E-state index < -0.39 is 10.1 Å². The number of aromatic nitrogens is 1. The van der Waals surface area contributed by atoms with E-state index in [1.54, 1.807) is 18.2 Å². The van der Waals surface area contributed by atoms with E-state index in [4.69, 9.17) is 8.97 Å². The highest BCUT2D eigenvalue weighted by molar-refractivity contribution is 7.86. The number of hydrogen-bond acceptors (Lipinski definition) is 4. The van der Waals surface area contributed by atoms with Crippen LogP contribution in [0.3, 0.4) is 0 Å². The summed E-state index contributed by atoms with van der Waals surface area (Å²) in [5.74, 6) is 0.312. The van der Waals surface area contributed by atoms with E-state index in [1.807, 2.05) is 18.2 Å². The predicted octanol–water partition coefficient (Wildman–Crippen LogP) is 2.74. The monoisotopic (exact) mass is 275 g/mol. The van der Waals surface area contributed by atoms with Gasteiger partial charge in [-0.1, -0.05) is 24.3 Å². The Balaban J connectivity index is 2.28. The second-order valence-corrected chi connectivity index (χ2v) is 5.35. The quantitative estimate of drug-likeness (QED) is 0.727. The normalized spacial score (nSPS) is 11.8. The number of para-hydroxylation sites is 1. The molecule has 1 N–H and O–H groups in total. The minimum atomic E-state index is -4.32. The fourth-order valence-electron chi connectivity index (χ4n) is 1.84. The van der Waals surface area contributed by atoms with Crippen LogP contribution >= 0.6 is 0 Å². The van der Waals surface area contributed by atoms with Crippen LogP contribution in [0.2, 0.25) is 0 Å². The van der Waals surface area contributed by atoms with Crippen molar-refractivity contribution >= 4 is 21.2 Å². The van der Waals surface area contributed by atoms with Gasteiger partial charge >= 0.3 is 0 Å². The van der Waals surface area contributed by atoms with Gasteiger partial charge < -0.3 is 4.42 Å². The molecule has 0 amide bonds. The van der Waals surface area contributed by atoms with E-state index in [-0.39, 0.29) is 10.4 Å². The van der Waals surface area contributed by atoms with Crippen LogP contribution < -0.4 is 0 Å². The second-order valence-electron chi connectivity index (χ2n) is 3.96. The molecule has 96 valence electrons. The molecule has 0 saturated heterocycles. The van der Waals surface area contributed by atoms with Crippen LogP contribution in [0.1, 0.15) is 0 Å². The molecule has 0 aliphatic carbocycles. The number of rotatable bonds is 2. The molecule has 3 aromatic rings. The van der Waals surface area contributed by atoms with Gasteiger partial charge in [0.25, 0.3) is 10.1 Å². The molecule has 0 bridgehead atoms. The molecule has 0 fully saturated rings. The average Bonchev–Trinajstić information content (AvgIpc) is 2.82. The number of benzene rings is 2. The maximum Gasteiger partial charge on any atom is 0.296 e. The molecule has 19 heavy (non-hydrogen) atoms. The Kier molecular flexibility index (Phi) is 2.62. The molecule has 5 nitrogen and oxygen atoms in total. The molecule has 1 heterocycles. The van der Waals surface area contributed by atoms with Crippen LogP contribution in [0.4, 0.5) is 0 Å². The van der Waals surface area contributed by atoms with Crippen LogP contribution in [-0.2, 0) is 10.1 Å². The third-order valence-corrected chi connectivity index (χ3v) is 3.57. The third kappa shape index (κ3) is 2.11. The maximum atomic E-state index is 11.3. The van der Waals surface area contributed by atoms with Gasteiger partial charge in [0.05, 0.1) is 0 Å². The van der Waals surface area contributed by atoms with E-state index in [0.717, 1.165) is 5.56 Å². The number of fused-ring (bicyclic) bond motifs is 1. The predicted molar refractivity (Wildman–Crippen MR) is 69.3 cm³/mol. The smallest absolute Gasteiger partial charge is 0.296 e. The summed E-state index contributed by atoms with van der Waals surface area (Å²) >= 11 is 0. The lowest BCUT2D eigenvalue weighted by Crippen LogP contribution is -1.98. The Hall–Kier alpha value is -2.18. The molecule has 0 aliphatic rings. The fourth-order valence-corrected chi connectivity index (χ4v) is 2.48. The summed E-state index contributed by atoms with van der Waals surface area (Å²) in [4.78, 5) is 3.89. The van der Waals surface area contributed by atoms with Crippen LogP contribution in [0.25, 0.3) is 22.6 Å². The van der Waals surface area contributed by atoms with Gasteiger partial charge in [-0.25, -0.2) is 4.98 Å². The van der Waals surface area contributed by atoms with E-state index in [1.165, 1.54) is 12.1 Å². The first-order valence-electron chi connectivity index (χ1n) is 5.48. The van der Waals surface area contributed by atoms with Crippen molar-refractivity contribution in [1.29, 1.82) is 0 Å². The Labute approximate surface area is 109 Å². The molecule has 0 aliphatic heterocycles. The summed E-state index contributed by atoms with van der Waals surface area (Å²) < 4.78 is 37.2. The van der Waals surface area contributed by atoms with Crippen molar-refractivity contribution in [1.82, 2.24) is 4.98 Å². The Morgan fingerprint density at radius 2 is 1.74 bits per heavy atom. The van der Waals surface area contributed by atoms with Crippen molar-refractivity contribution < 1.29 is 17.4 Å². The van der Waals surface area contributed by atoms with Crippen molar-refractivity contribution in [2.24, 2.45) is 0 Å². The summed E-state index contributed by atoms with van der Waals surface area (Å²) in [6.45, 7) is 0. The first-order chi connectivity index (χ1) is 9.05. The van der Waals surface area contributed by atoms with E-state index >= 15 is 0 Å². The van der Waals surface area contributed by atoms with Crippen LogP contribution in [0.5, 0.6) is 0 Å². The SMILES string of the molecule is O=S(=O)(O)c1cccc2oc(-c3ccccc3)nc12. The van der Waals surface area contributed by atoms with Crippen molar-refractivity contribution in [2.45, 2.75) is 4.90 Å². The molecule has 3 rings (SSSR count). The molecule has 1 aromatic heterocycles. The van der Waals surface area contributed by atoms with Gasteiger partial charge in [-0.05, 0) is 24.3 Å². The summed E-state index contributed by atoms with van der Waals surface area (Å²) in [5, 5.41) is 0. The van der Waals surface area contributed by atoms with Crippen LogP contribution in [0, 0.1) is 0 Å². The van der Waals surface area contributed by atoms with Gasteiger partial charge in [0.2, 0.25) is 5.89 Å². The highest BCUT2D eigenvalue weighted by Gasteiger charge is 2.18. The van der Waals surface area contributed by atoms with Gasteiger partial charge in [-0.2, -0.15) is 8.42 Å². The maximum absolute atomic E-state index is 11.3. The van der Waals surface area contributed by atoms with Gasteiger partial charge in [0.15, 0.2) is 5.58 Å². The Morgan fingerprint density at radius 1 is 1.00 bits per heavy atom. The first-order valence-corrected chi connectivity index (χ1v) is 6.92. The van der Waals surface area contributed by atoms with Crippen molar-refractivity contribution in [3.8, 4) is 11.5 Å². The first kappa shape index (κ1) is 11.9. The van der Waals surface area contributed by atoms with Crippen LogP contribution in [0.15, 0.2) is 57.8 Å². The van der Waals surface area contributed by atoms with E-state index in [9.17, 15) is 8.42 Å². The summed E-state index contributed by atoms with van der Waals surface area (Å²) in [6.07, 6.45) is 0. The van der Waals surface area contributed by atoms with Crippen molar-refractivity contribution in [2.75, 3.05) is 0 Å². The summed E-state index contributed by atoms with van der Waals surface area (Å²) in [6, 6.07) is 13.5. The van der Waals surface area contributed by atoms with Crippen molar-refractivity contribution in [3.05, 3.63) is 48.5 Å². The van der Waals surface area contributed by atoms with Gasteiger partial charge in [-0.3, -0.25) is 4.55 Å². The topological polar surface area (TPSA) is 80.4 Å². The summed E-state index contributed by atoms with van der Waals surface area (Å²) in [7, 11) is -4.32. The molecule has 0 radical (unpaired) electrons. The fraction of sp³-hybridized carbons (Fsp3) is 0. The third-order valence-electron chi connectivity index (χ3n) is 2.68. The molecule has 0 spiro atoms.